The topological polar surface area (TPSA) is 43.2 Å². The van der Waals surface area contributed by atoms with Gasteiger partial charge in [0.2, 0.25) is 11.8 Å². The Kier molecular flexibility index (Phi) is 3.43. The second-order valence-corrected chi connectivity index (χ2v) is 8.13. The third-order valence-corrected chi connectivity index (χ3v) is 6.52. The lowest BCUT2D eigenvalue weighted by Crippen LogP contribution is -2.26. The Morgan fingerprint density at radius 3 is 1.70 bits per heavy atom. The summed E-state index contributed by atoms with van der Waals surface area (Å²) in [4.78, 5) is 11.9. The van der Waals surface area contributed by atoms with Crippen LogP contribution < -0.4 is 0 Å². The van der Waals surface area contributed by atoms with Gasteiger partial charge in [-0.15, -0.1) is 11.3 Å². The molecule has 2 aliphatic heterocycles. The maximum atomic E-state index is 6.10. The molecule has 0 aromatic carbocycles. The number of fused-ring (bicyclic) bond motifs is 2. The first-order valence-corrected chi connectivity index (χ1v) is 9.78. The number of nitrogens with zero attached hydrogens (tertiary/aromatic N) is 2. The summed E-state index contributed by atoms with van der Waals surface area (Å²) in [6, 6.07) is 4.99. The van der Waals surface area contributed by atoms with Crippen molar-refractivity contribution < 1.29 is 9.47 Å². The lowest BCUT2D eigenvalue weighted by molar-refractivity contribution is 0.153. The van der Waals surface area contributed by atoms with E-state index in [1.165, 1.54) is 38.5 Å². The highest BCUT2D eigenvalue weighted by Crippen LogP contribution is 2.34. The maximum absolute atomic E-state index is 6.10. The minimum atomic E-state index is 0.312. The molecule has 4 unspecified atom stereocenters. The summed E-state index contributed by atoms with van der Waals surface area (Å²) in [6.45, 7) is 0. The Bertz CT molecular complexity index is 611. The van der Waals surface area contributed by atoms with Crippen molar-refractivity contribution >= 4 is 23.1 Å². The molecular formula is C18H22N2O2S. The predicted octanol–water partition coefficient (Wildman–Crippen LogP) is 3.92. The van der Waals surface area contributed by atoms with E-state index in [-0.39, 0.29) is 0 Å². The molecule has 2 fully saturated rings. The van der Waals surface area contributed by atoms with Crippen molar-refractivity contribution in [3.05, 3.63) is 21.9 Å². The van der Waals surface area contributed by atoms with Crippen LogP contribution in [0.4, 0.5) is 0 Å². The molecule has 0 spiro atoms. The van der Waals surface area contributed by atoms with Gasteiger partial charge in [-0.1, -0.05) is 12.8 Å². The van der Waals surface area contributed by atoms with Gasteiger partial charge < -0.3 is 9.47 Å². The molecule has 5 heteroatoms. The van der Waals surface area contributed by atoms with E-state index in [0.29, 0.717) is 24.3 Å². The highest BCUT2D eigenvalue weighted by molar-refractivity contribution is 7.16. The van der Waals surface area contributed by atoms with Gasteiger partial charge in [0.25, 0.3) is 0 Å². The van der Waals surface area contributed by atoms with Crippen molar-refractivity contribution in [2.24, 2.45) is 9.98 Å². The third-order valence-electron chi connectivity index (χ3n) is 5.46. The average Bonchev–Trinajstić information content (AvgIpc) is 3.30. The summed E-state index contributed by atoms with van der Waals surface area (Å²) in [5.41, 5.74) is 0. The zero-order valence-corrected chi connectivity index (χ0v) is 14.1. The molecule has 23 heavy (non-hydrogen) atoms. The average molecular weight is 330 g/mol. The van der Waals surface area contributed by atoms with E-state index < -0.39 is 0 Å². The van der Waals surface area contributed by atoms with E-state index in [2.05, 4.69) is 12.1 Å². The van der Waals surface area contributed by atoms with Crippen molar-refractivity contribution in [2.45, 2.75) is 75.7 Å². The van der Waals surface area contributed by atoms with Crippen molar-refractivity contribution in [1.29, 1.82) is 0 Å². The number of ether oxygens (including phenoxy) is 2. The van der Waals surface area contributed by atoms with E-state index in [0.717, 1.165) is 34.4 Å². The van der Waals surface area contributed by atoms with Crippen LogP contribution in [0.15, 0.2) is 22.1 Å². The minimum Gasteiger partial charge on any atom is -0.471 e. The van der Waals surface area contributed by atoms with Crippen LogP contribution in [0.1, 0.15) is 61.1 Å². The fourth-order valence-corrected chi connectivity index (χ4v) is 5.07. The fraction of sp³-hybridized carbons (Fsp3) is 0.667. The van der Waals surface area contributed by atoms with Crippen molar-refractivity contribution in [1.82, 2.24) is 0 Å². The molecule has 4 atom stereocenters. The fourth-order valence-electron chi connectivity index (χ4n) is 4.18. The molecule has 4 aliphatic rings. The zero-order valence-electron chi connectivity index (χ0n) is 13.2. The van der Waals surface area contributed by atoms with Gasteiger partial charge in [-0.05, 0) is 50.7 Å². The maximum Gasteiger partial charge on any atom is 0.227 e. The molecule has 0 saturated heterocycles. The van der Waals surface area contributed by atoms with Crippen LogP contribution in [0.5, 0.6) is 0 Å². The summed E-state index contributed by atoms with van der Waals surface area (Å²) < 4.78 is 12.2. The summed E-state index contributed by atoms with van der Waals surface area (Å²) in [7, 11) is 0. The van der Waals surface area contributed by atoms with E-state index in [1.807, 2.05) is 0 Å². The SMILES string of the molecule is c1cc(C2=NC3CCCCC3O2)sc1C1=NC2CCCCC2O1. The van der Waals surface area contributed by atoms with Crippen LogP contribution in [0.3, 0.4) is 0 Å². The minimum absolute atomic E-state index is 0.312. The van der Waals surface area contributed by atoms with Crippen LogP contribution in [0.2, 0.25) is 0 Å². The van der Waals surface area contributed by atoms with Crippen LogP contribution in [0.25, 0.3) is 0 Å². The lowest BCUT2D eigenvalue weighted by atomic mass is 9.94. The van der Waals surface area contributed by atoms with Crippen molar-refractivity contribution in [2.75, 3.05) is 0 Å². The van der Waals surface area contributed by atoms with E-state index in [9.17, 15) is 0 Å². The normalized spacial score (nSPS) is 35.7. The van der Waals surface area contributed by atoms with Gasteiger partial charge >= 0.3 is 0 Å². The van der Waals surface area contributed by atoms with Gasteiger partial charge in [0.05, 0.1) is 21.8 Å². The molecule has 2 aliphatic carbocycles. The summed E-state index contributed by atoms with van der Waals surface area (Å²) in [6.07, 6.45) is 10.4. The van der Waals surface area contributed by atoms with Crippen molar-refractivity contribution in [3.8, 4) is 0 Å². The molecule has 1 aromatic heterocycles. The number of rotatable bonds is 2. The summed E-state index contributed by atoms with van der Waals surface area (Å²) in [5, 5.41) is 0. The standard InChI is InChI=1S/C18H22N2O2S/c1-3-7-13-11(5-1)19-17(21-13)15-9-10-16(23-15)18-20-12-6-2-4-8-14(12)22-18/h9-14H,1-8H2. The van der Waals surface area contributed by atoms with Gasteiger partial charge in [-0.25, -0.2) is 9.98 Å². The van der Waals surface area contributed by atoms with Crippen LogP contribution in [-0.4, -0.2) is 36.1 Å². The molecule has 122 valence electrons. The molecule has 4 nitrogen and oxygen atoms in total. The molecule has 0 N–H and O–H groups in total. The largest absolute Gasteiger partial charge is 0.471 e. The number of aliphatic imine (C=N–C) groups is 2. The summed E-state index contributed by atoms with van der Waals surface area (Å²) >= 11 is 1.71. The molecular weight excluding hydrogens is 308 g/mol. The van der Waals surface area contributed by atoms with E-state index in [4.69, 9.17) is 19.5 Å². The highest BCUT2D eigenvalue weighted by Gasteiger charge is 2.36. The van der Waals surface area contributed by atoms with Gasteiger partial charge in [0, 0.05) is 0 Å². The smallest absolute Gasteiger partial charge is 0.227 e. The molecule has 0 amide bonds. The Morgan fingerprint density at radius 1 is 0.739 bits per heavy atom. The molecule has 0 bridgehead atoms. The zero-order chi connectivity index (χ0) is 15.2. The first-order valence-electron chi connectivity index (χ1n) is 8.96. The van der Waals surface area contributed by atoms with Crippen LogP contribution in [0, 0.1) is 0 Å². The number of thiophene rings is 1. The van der Waals surface area contributed by atoms with Gasteiger partial charge in [0.15, 0.2) is 0 Å². The van der Waals surface area contributed by atoms with Crippen LogP contribution >= 0.6 is 11.3 Å². The number of hydrogen-bond donors (Lipinski definition) is 0. The first-order chi connectivity index (χ1) is 11.4. The first kappa shape index (κ1) is 14.0. The second-order valence-electron chi connectivity index (χ2n) is 7.05. The van der Waals surface area contributed by atoms with Crippen LogP contribution in [-0.2, 0) is 9.47 Å². The highest BCUT2D eigenvalue weighted by atomic mass is 32.1. The van der Waals surface area contributed by atoms with Gasteiger partial charge in [-0.2, -0.15) is 0 Å². The molecule has 3 heterocycles. The Labute approximate surface area is 140 Å². The third kappa shape index (κ3) is 2.49. The Hall–Kier alpha value is -1.36. The molecule has 0 radical (unpaired) electrons. The quantitative estimate of drug-likeness (QED) is 0.825. The van der Waals surface area contributed by atoms with Gasteiger partial charge in [0.1, 0.15) is 12.2 Å². The summed E-state index contributed by atoms with van der Waals surface area (Å²) in [5.74, 6) is 1.68. The predicted molar refractivity (Wildman–Crippen MR) is 91.7 cm³/mol. The van der Waals surface area contributed by atoms with E-state index in [1.54, 1.807) is 11.3 Å². The Morgan fingerprint density at radius 2 is 1.22 bits per heavy atom. The Balaban J connectivity index is 1.35. The molecule has 5 rings (SSSR count). The molecule has 2 saturated carbocycles. The number of hydrogen-bond acceptors (Lipinski definition) is 5. The van der Waals surface area contributed by atoms with E-state index >= 15 is 0 Å². The van der Waals surface area contributed by atoms with Gasteiger partial charge in [-0.3, -0.25) is 0 Å². The second kappa shape index (κ2) is 5.62. The molecule has 1 aromatic rings. The monoisotopic (exact) mass is 330 g/mol. The lowest BCUT2D eigenvalue weighted by Gasteiger charge is -2.21. The van der Waals surface area contributed by atoms with Crippen molar-refractivity contribution in [3.63, 3.8) is 0 Å².